The molecule has 0 radical (unpaired) electrons. The molecular weight excluding hydrogens is 260 g/mol. The van der Waals surface area contributed by atoms with Crippen molar-refractivity contribution >= 4 is 5.69 Å². The summed E-state index contributed by atoms with van der Waals surface area (Å²) in [6.07, 6.45) is -0.686. The highest BCUT2D eigenvalue weighted by Crippen LogP contribution is 2.20. The van der Waals surface area contributed by atoms with Gasteiger partial charge in [0.25, 0.3) is 0 Å². The van der Waals surface area contributed by atoms with Gasteiger partial charge >= 0.3 is 0 Å². The van der Waals surface area contributed by atoms with Crippen LogP contribution >= 0.6 is 0 Å². The predicted octanol–water partition coefficient (Wildman–Crippen LogP) is 3.44. The van der Waals surface area contributed by atoms with Gasteiger partial charge < -0.3 is 10.0 Å². The quantitative estimate of drug-likeness (QED) is 0.925. The summed E-state index contributed by atoms with van der Waals surface area (Å²) in [6.45, 7) is 2.28. The van der Waals surface area contributed by atoms with Gasteiger partial charge in [-0.1, -0.05) is 29.8 Å². The first-order valence-electron chi connectivity index (χ1n) is 6.38. The van der Waals surface area contributed by atoms with Gasteiger partial charge in [-0.3, -0.25) is 0 Å². The summed E-state index contributed by atoms with van der Waals surface area (Å²) in [4.78, 5) is 1.69. The fourth-order valence-electron chi connectivity index (χ4n) is 1.98. The summed E-state index contributed by atoms with van der Waals surface area (Å²) in [5.41, 5.74) is 2.44. The maximum Gasteiger partial charge on any atom is 0.160 e. The van der Waals surface area contributed by atoms with Crippen molar-refractivity contribution in [2.45, 2.75) is 13.0 Å². The minimum Gasteiger partial charge on any atom is -0.387 e. The van der Waals surface area contributed by atoms with Crippen LogP contribution in [-0.2, 0) is 0 Å². The van der Waals surface area contributed by atoms with E-state index in [2.05, 4.69) is 0 Å². The van der Waals surface area contributed by atoms with Gasteiger partial charge in [0, 0.05) is 25.3 Å². The van der Waals surface area contributed by atoms with E-state index in [0.717, 1.165) is 23.3 Å². The Kier molecular flexibility index (Phi) is 4.35. The number of halogens is 2. The zero-order valence-corrected chi connectivity index (χ0v) is 11.5. The third kappa shape index (κ3) is 3.33. The monoisotopic (exact) mass is 277 g/mol. The van der Waals surface area contributed by atoms with Crippen molar-refractivity contribution in [3.63, 3.8) is 0 Å². The maximum atomic E-state index is 13.2. The van der Waals surface area contributed by atoms with Gasteiger partial charge in [0.15, 0.2) is 11.6 Å². The van der Waals surface area contributed by atoms with Crippen LogP contribution in [0.4, 0.5) is 14.5 Å². The lowest BCUT2D eigenvalue weighted by Gasteiger charge is -2.23. The first kappa shape index (κ1) is 14.5. The van der Waals surface area contributed by atoms with Crippen molar-refractivity contribution in [3.05, 3.63) is 65.2 Å². The third-order valence-corrected chi connectivity index (χ3v) is 3.25. The Bertz CT molecular complexity index is 584. The minimum absolute atomic E-state index is 0.300. The van der Waals surface area contributed by atoms with Crippen LogP contribution in [0.15, 0.2) is 42.5 Å². The molecule has 0 aliphatic heterocycles. The number of likely N-dealkylation sites (N-methyl/N-ethyl adjacent to an activating group) is 1. The van der Waals surface area contributed by atoms with Gasteiger partial charge in [0.2, 0.25) is 0 Å². The standard InChI is InChI=1S/C16H17F2NO/c1-11-3-5-12(6-4-11)16(20)10-19(2)13-7-8-14(17)15(18)9-13/h3-9,16,20H,10H2,1-2H3. The molecule has 0 aliphatic rings. The molecule has 20 heavy (non-hydrogen) atoms. The van der Waals surface area contributed by atoms with Crippen molar-refractivity contribution in [3.8, 4) is 0 Å². The van der Waals surface area contributed by atoms with Crippen LogP contribution in [0.25, 0.3) is 0 Å². The molecule has 0 amide bonds. The summed E-state index contributed by atoms with van der Waals surface area (Å²) in [6, 6.07) is 11.3. The molecule has 0 fully saturated rings. The molecule has 0 saturated carbocycles. The number of nitrogens with zero attached hydrogens (tertiary/aromatic N) is 1. The number of aryl methyl sites for hydroxylation is 1. The normalized spacial score (nSPS) is 12.2. The minimum atomic E-state index is -0.890. The summed E-state index contributed by atoms with van der Waals surface area (Å²) in [5, 5.41) is 10.2. The van der Waals surface area contributed by atoms with Gasteiger partial charge in [-0.2, -0.15) is 0 Å². The van der Waals surface area contributed by atoms with Crippen LogP contribution < -0.4 is 4.90 Å². The molecule has 0 aromatic heterocycles. The van der Waals surface area contributed by atoms with Gasteiger partial charge in [-0.15, -0.1) is 0 Å². The van der Waals surface area contributed by atoms with E-state index in [4.69, 9.17) is 0 Å². The second kappa shape index (κ2) is 6.01. The Morgan fingerprint density at radius 3 is 2.30 bits per heavy atom. The van der Waals surface area contributed by atoms with Crippen molar-refractivity contribution in [1.82, 2.24) is 0 Å². The molecule has 2 aromatic carbocycles. The van der Waals surface area contributed by atoms with E-state index < -0.39 is 17.7 Å². The highest BCUT2D eigenvalue weighted by atomic mass is 19.2. The predicted molar refractivity (Wildman–Crippen MR) is 75.8 cm³/mol. The first-order chi connectivity index (χ1) is 9.47. The van der Waals surface area contributed by atoms with Crippen LogP contribution in [0, 0.1) is 18.6 Å². The molecule has 2 nitrogen and oxygen atoms in total. The zero-order valence-electron chi connectivity index (χ0n) is 11.5. The van der Waals surface area contributed by atoms with Crippen LogP contribution in [0.2, 0.25) is 0 Å². The summed E-state index contributed by atoms with van der Waals surface area (Å²) < 4.78 is 26.1. The fraction of sp³-hybridized carbons (Fsp3) is 0.250. The highest BCUT2D eigenvalue weighted by molar-refractivity contribution is 5.46. The Hall–Kier alpha value is -1.94. The molecule has 4 heteroatoms. The molecule has 0 saturated heterocycles. The Balaban J connectivity index is 2.08. The second-order valence-corrected chi connectivity index (χ2v) is 4.91. The molecule has 0 aliphatic carbocycles. The molecule has 0 heterocycles. The fourth-order valence-corrected chi connectivity index (χ4v) is 1.98. The number of hydrogen-bond donors (Lipinski definition) is 1. The van der Waals surface area contributed by atoms with Crippen LogP contribution in [0.1, 0.15) is 17.2 Å². The van der Waals surface area contributed by atoms with E-state index in [1.165, 1.54) is 6.07 Å². The molecule has 0 bridgehead atoms. The van der Waals surface area contributed by atoms with E-state index in [1.54, 1.807) is 11.9 Å². The Labute approximate surface area is 117 Å². The summed E-state index contributed by atoms with van der Waals surface area (Å²) in [7, 11) is 1.73. The maximum absolute atomic E-state index is 13.2. The highest BCUT2D eigenvalue weighted by Gasteiger charge is 2.12. The number of aliphatic hydroxyl groups excluding tert-OH is 1. The van der Waals surface area contributed by atoms with E-state index in [-0.39, 0.29) is 0 Å². The Morgan fingerprint density at radius 2 is 1.70 bits per heavy atom. The molecular formula is C16H17F2NO. The number of hydrogen-bond acceptors (Lipinski definition) is 2. The molecule has 2 rings (SSSR count). The van der Waals surface area contributed by atoms with Crippen molar-refractivity contribution < 1.29 is 13.9 Å². The molecule has 1 atom stereocenters. The first-order valence-corrected chi connectivity index (χ1v) is 6.38. The van der Waals surface area contributed by atoms with Crippen LogP contribution in [0.5, 0.6) is 0 Å². The third-order valence-electron chi connectivity index (χ3n) is 3.25. The molecule has 1 unspecified atom stereocenters. The smallest absolute Gasteiger partial charge is 0.160 e. The van der Waals surface area contributed by atoms with E-state index in [9.17, 15) is 13.9 Å². The molecule has 2 aromatic rings. The summed E-state index contributed by atoms with van der Waals surface area (Å²) >= 11 is 0. The topological polar surface area (TPSA) is 23.5 Å². The largest absolute Gasteiger partial charge is 0.387 e. The zero-order chi connectivity index (χ0) is 14.7. The van der Waals surface area contributed by atoms with Gasteiger partial charge in [0.05, 0.1) is 6.10 Å². The van der Waals surface area contributed by atoms with Crippen molar-refractivity contribution in [2.75, 3.05) is 18.5 Å². The summed E-state index contributed by atoms with van der Waals surface area (Å²) in [5.74, 6) is -1.76. The Morgan fingerprint density at radius 1 is 1.05 bits per heavy atom. The second-order valence-electron chi connectivity index (χ2n) is 4.91. The van der Waals surface area contributed by atoms with Gasteiger partial charge in [0.1, 0.15) is 0 Å². The van der Waals surface area contributed by atoms with Crippen molar-refractivity contribution in [1.29, 1.82) is 0 Å². The number of aliphatic hydroxyl groups is 1. The van der Waals surface area contributed by atoms with Gasteiger partial charge in [-0.25, -0.2) is 8.78 Å². The lowest BCUT2D eigenvalue weighted by atomic mass is 10.1. The molecule has 1 N–H and O–H groups in total. The molecule has 0 spiro atoms. The van der Waals surface area contributed by atoms with Crippen LogP contribution in [0.3, 0.4) is 0 Å². The van der Waals surface area contributed by atoms with E-state index in [0.29, 0.717) is 12.2 Å². The van der Waals surface area contributed by atoms with Crippen molar-refractivity contribution in [2.24, 2.45) is 0 Å². The number of rotatable bonds is 4. The average molecular weight is 277 g/mol. The van der Waals surface area contributed by atoms with E-state index in [1.807, 2.05) is 31.2 Å². The SMILES string of the molecule is Cc1ccc(C(O)CN(C)c2ccc(F)c(F)c2)cc1. The number of anilines is 1. The lowest BCUT2D eigenvalue weighted by molar-refractivity contribution is 0.185. The average Bonchev–Trinajstić information content (AvgIpc) is 2.42. The number of benzene rings is 2. The van der Waals surface area contributed by atoms with E-state index >= 15 is 0 Å². The van der Waals surface area contributed by atoms with Crippen LogP contribution in [-0.4, -0.2) is 18.7 Å². The molecule has 106 valence electrons. The van der Waals surface area contributed by atoms with Gasteiger partial charge in [-0.05, 0) is 24.6 Å². The lowest BCUT2D eigenvalue weighted by Crippen LogP contribution is -2.24.